The molecule has 0 spiro atoms. The van der Waals surface area contributed by atoms with Gasteiger partial charge < -0.3 is 9.72 Å². The van der Waals surface area contributed by atoms with Crippen LogP contribution < -0.4 is 4.74 Å². The van der Waals surface area contributed by atoms with Gasteiger partial charge in [-0.15, -0.1) is 0 Å². The van der Waals surface area contributed by atoms with Crippen molar-refractivity contribution in [3.63, 3.8) is 0 Å². The van der Waals surface area contributed by atoms with Gasteiger partial charge >= 0.3 is 0 Å². The number of hydrogen-bond acceptors (Lipinski definition) is 4. The zero-order chi connectivity index (χ0) is 15.5. The summed E-state index contributed by atoms with van der Waals surface area (Å²) < 4.78 is 23.0. The van der Waals surface area contributed by atoms with Crippen LogP contribution in [0.3, 0.4) is 0 Å². The van der Waals surface area contributed by atoms with Crippen molar-refractivity contribution in [1.82, 2.24) is 9.97 Å². The van der Waals surface area contributed by atoms with E-state index in [1.165, 1.54) is 0 Å². The Labute approximate surface area is 131 Å². The molecule has 114 valence electrons. The Balaban J connectivity index is 1.80. The number of ether oxygens (including phenoxy) is 1. The highest BCUT2D eigenvalue weighted by Gasteiger charge is 2.16. The monoisotopic (exact) mass is 316 g/mol. The average Bonchev–Trinajstić information content (AvgIpc) is 2.98. The van der Waals surface area contributed by atoms with Crippen LogP contribution in [0.4, 0.5) is 0 Å². The number of benzene rings is 2. The minimum atomic E-state index is -1.66. The molecule has 3 rings (SSSR count). The highest BCUT2D eigenvalue weighted by atomic mass is 32.2. The first kappa shape index (κ1) is 14.7. The van der Waals surface area contributed by atoms with Crippen LogP contribution >= 0.6 is 0 Å². The topological polar surface area (TPSA) is 64.2 Å². The molecule has 3 aromatic rings. The van der Waals surface area contributed by atoms with Crippen LogP contribution in [0, 0.1) is 0 Å². The van der Waals surface area contributed by atoms with Crippen LogP contribution in [-0.2, 0) is 15.3 Å². The summed E-state index contributed by atoms with van der Waals surface area (Å²) in [5, 5.41) is 0.297. The molecule has 0 radical (unpaired) electrons. The molecule has 0 saturated carbocycles. The average molecular weight is 316 g/mol. The van der Waals surface area contributed by atoms with Crippen LogP contribution in [0.1, 0.15) is 18.6 Å². The third-order valence-corrected chi connectivity index (χ3v) is 4.30. The van der Waals surface area contributed by atoms with Crippen molar-refractivity contribution in [3.8, 4) is 5.75 Å². The van der Waals surface area contributed by atoms with Crippen molar-refractivity contribution in [2.24, 2.45) is 0 Å². The number of aromatic amines is 1. The first-order valence-corrected chi connectivity index (χ1v) is 7.92. The van der Waals surface area contributed by atoms with Crippen molar-refractivity contribution >= 4 is 22.1 Å². The molecule has 1 aromatic heterocycles. The molecule has 0 aliphatic rings. The Morgan fingerprint density at radius 3 is 2.68 bits per heavy atom. The summed E-state index contributed by atoms with van der Waals surface area (Å²) in [6, 6.07) is 15.1. The van der Waals surface area contributed by atoms with Crippen molar-refractivity contribution in [1.29, 1.82) is 0 Å². The SMILES string of the molecule is COc1ccc2nc([S@@](=O)O[C@@H](C)c3ccccc3)[nH]c2c1. The molecule has 6 heteroatoms. The van der Waals surface area contributed by atoms with E-state index < -0.39 is 11.1 Å². The Bertz CT molecular complexity index is 802. The van der Waals surface area contributed by atoms with Gasteiger partial charge in [0.1, 0.15) is 5.75 Å². The molecular formula is C16H16N2O3S. The van der Waals surface area contributed by atoms with Gasteiger partial charge in [-0.2, -0.15) is 0 Å². The van der Waals surface area contributed by atoms with E-state index in [0.29, 0.717) is 10.9 Å². The molecule has 0 bridgehead atoms. The molecule has 0 fully saturated rings. The van der Waals surface area contributed by atoms with Gasteiger partial charge in [0.25, 0.3) is 0 Å². The van der Waals surface area contributed by atoms with E-state index in [4.69, 9.17) is 8.92 Å². The van der Waals surface area contributed by atoms with Crippen LogP contribution in [0.5, 0.6) is 5.75 Å². The molecule has 0 unspecified atom stereocenters. The smallest absolute Gasteiger partial charge is 0.226 e. The van der Waals surface area contributed by atoms with Crippen molar-refractivity contribution in [2.45, 2.75) is 18.2 Å². The first-order chi connectivity index (χ1) is 10.7. The summed E-state index contributed by atoms with van der Waals surface area (Å²) in [5.41, 5.74) is 2.45. The molecule has 5 nitrogen and oxygen atoms in total. The summed E-state index contributed by atoms with van der Waals surface area (Å²) in [6.07, 6.45) is -0.287. The summed E-state index contributed by atoms with van der Waals surface area (Å²) in [6.45, 7) is 1.86. The van der Waals surface area contributed by atoms with Crippen LogP contribution in [-0.4, -0.2) is 21.3 Å². The Kier molecular flexibility index (Phi) is 4.22. The molecule has 2 atom stereocenters. The van der Waals surface area contributed by atoms with E-state index in [0.717, 1.165) is 16.6 Å². The van der Waals surface area contributed by atoms with Crippen LogP contribution in [0.2, 0.25) is 0 Å². The van der Waals surface area contributed by atoms with Gasteiger partial charge in [0.05, 0.1) is 24.2 Å². The fourth-order valence-electron chi connectivity index (χ4n) is 2.13. The van der Waals surface area contributed by atoms with Gasteiger partial charge in [0, 0.05) is 6.07 Å². The Morgan fingerprint density at radius 1 is 1.18 bits per heavy atom. The lowest BCUT2D eigenvalue weighted by molar-refractivity contribution is 0.252. The predicted octanol–water partition coefficient (Wildman–Crippen LogP) is 3.37. The molecule has 0 aliphatic heterocycles. The number of methoxy groups -OCH3 is 1. The number of fused-ring (bicyclic) bond motifs is 1. The lowest BCUT2D eigenvalue weighted by Gasteiger charge is -2.10. The fourth-order valence-corrected chi connectivity index (χ4v) is 2.96. The van der Waals surface area contributed by atoms with Crippen LogP contribution in [0.25, 0.3) is 11.0 Å². The van der Waals surface area contributed by atoms with E-state index in [9.17, 15) is 4.21 Å². The molecule has 0 aliphatic carbocycles. The van der Waals surface area contributed by atoms with Gasteiger partial charge in [-0.1, -0.05) is 30.3 Å². The number of imidazole rings is 1. The van der Waals surface area contributed by atoms with E-state index >= 15 is 0 Å². The lowest BCUT2D eigenvalue weighted by atomic mass is 10.1. The Hall–Kier alpha value is -2.18. The lowest BCUT2D eigenvalue weighted by Crippen LogP contribution is -2.05. The zero-order valence-electron chi connectivity index (χ0n) is 12.3. The number of rotatable bonds is 5. The van der Waals surface area contributed by atoms with Gasteiger partial charge in [0.15, 0.2) is 0 Å². The molecule has 0 amide bonds. The van der Waals surface area contributed by atoms with Gasteiger partial charge in [-0.05, 0) is 24.6 Å². The molecule has 1 heterocycles. The highest BCUT2D eigenvalue weighted by molar-refractivity contribution is 7.80. The minimum Gasteiger partial charge on any atom is -0.497 e. The maximum Gasteiger partial charge on any atom is 0.226 e. The standard InChI is InChI=1S/C16H16N2O3S/c1-11(12-6-4-3-5-7-12)21-22(19)16-17-14-9-8-13(20-2)10-15(14)18-16/h3-11H,1-2H3,(H,17,18)/t11-,22-/m0/s1. The highest BCUT2D eigenvalue weighted by Crippen LogP contribution is 2.23. The number of hydrogen-bond donors (Lipinski definition) is 1. The zero-order valence-corrected chi connectivity index (χ0v) is 13.1. The van der Waals surface area contributed by atoms with E-state index in [1.54, 1.807) is 7.11 Å². The number of nitrogens with zero attached hydrogens (tertiary/aromatic N) is 1. The number of aromatic nitrogens is 2. The third-order valence-electron chi connectivity index (χ3n) is 3.33. The van der Waals surface area contributed by atoms with Crippen molar-refractivity contribution in [3.05, 3.63) is 54.1 Å². The maximum absolute atomic E-state index is 12.3. The van der Waals surface area contributed by atoms with E-state index in [2.05, 4.69) is 9.97 Å². The molecule has 0 saturated heterocycles. The fraction of sp³-hybridized carbons (Fsp3) is 0.188. The summed E-state index contributed by atoms with van der Waals surface area (Å²) in [5.74, 6) is 0.715. The van der Waals surface area contributed by atoms with Gasteiger partial charge in [0.2, 0.25) is 16.2 Å². The van der Waals surface area contributed by atoms with Crippen molar-refractivity contribution < 1.29 is 13.1 Å². The summed E-state index contributed by atoms with van der Waals surface area (Å²) in [7, 11) is 1.60. The summed E-state index contributed by atoms with van der Waals surface area (Å²) in [4.78, 5) is 7.31. The second-order valence-electron chi connectivity index (χ2n) is 4.81. The normalized spacial score (nSPS) is 13.9. The first-order valence-electron chi connectivity index (χ1n) is 6.85. The minimum absolute atomic E-state index is 0.287. The van der Waals surface area contributed by atoms with Crippen LogP contribution in [0.15, 0.2) is 53.7 Å². The van der Waals surface area contributed by atoms with E-state index in [1.807, 2.05) is 55.5 Å². The predicted molar refractivity (Wildman–Crippen MR) is 85.0 cm³/mol. The molecule has 22 heavy (non-hydrogen) atoms. The molecule has 1 N–H and O–H groups in total. The second kappa shape index (κ2) is 6.29. The van der Waals surface area contributed by atoms with Gasteiger partial charge in [-0.25, -0.2) is 9.19 Å². The molecular weight excluding hydrogens is 300 g/mol. The second-order valence-corrected chi connectivity index (χ2v) is 5.86. The summed E-state index contributed by atoms with van der Waals surface area (Å²) >= 11 is -1.66. The third kappa shape index (κ3) is 3.03. The van der Waals surface area contributed by atoms with Crippen molar-refractivity contribution in [2.75, 3.05) is 7.11 Å². The van der Waals surface area contributed by atoms with Gasteiger partial charge in [-0.3, -0.25) is 4.18 Å². The maximum atomic E-state index is 12.3. The quantitative estimate of drug-likeness (QED) is 0.784. The van der Waals surface area contributed by atoms with E-state index in [-0.39, 0.29) is 6.10 Å². The number of H-pyrrole nitrogens is 1. The molecule has 2 aromatic carbocycles. The Morgan fingerprint density at radius 2 is 1.95 bits per heavy atom. The largest absolute Gasteiger partial charge is 0.497 e. The number of nitrogens with one attached hydrogen (secondary N) is 1.